The van der Waals surface area contributed by atoms with E-state index in [4.69, 9.17) is 9.15 Å². The number of nitrogens with zero attached hydrogens (tertiary/aromatic N) is 4. The molecule has 3 aromatic heterocycles. The predicted molar refractivity (Wildman–Crippen MR) is 121 cm³/mol. The number of rotatable bonds is 6. The van der Waals surface area contributed by atoms with E-state index in [1.165, 1.54) is 23.1 Å². The maximum atomic E-state index is 13.2. The monoisotopic (exact) mass is 450 g/mol. The van der Waals surface area contributed by atoms with E-state index < -0.39 is 0 Å². The van der Waals surface area contributed by atoms with Gasteiger partial charge in [-0.2, -0.15) is 5.10 Å². The van der Waals surface area contributed by atoms with Gasteiger partial charge in [0.15, 0.2) is 0 Å². The summed E-state index contributed by atoms with van der Waals surface area (Å²) in [6.07, 6.45) is 3.73. The van der Waals surface area contributed by atoms with Crippen LogP contribution < -0.4 is 4.74 Å². The van der Waals surface area contributed by atoms with E-state index in [-0.39, 0.29) is 17.7 Å². The van der Waals surface area contributed by atoms with Crippen LogP contribution in [0.15, 0.2) is 75.0 Å². The van der Waals surface area contributed by atoms with Gasteiger partial charge in [-0.3, -0.25) is 4.79 Å². The molecule has 156 valence electrons. The minimum atomic E-state index is -0.271. The highest BCUT2D eigenvalue weighted by Gasteiger charge is 2.34. The van der Waals surface area contributed by atoms with Gasteiger partial charge in [-0.25, -0.2) is 15.0 Å². The summed E-state index contributed by atoms with van der Waals surface area (Å²) < 4.78 is 11.8. The smallest absolute Gasteiger partial charge is 0.253 e. The molecule has 0 saturated carbocycles. The van der Waals surface area contributed by atoms with E-state index in [9.17, 15) is 4.79 Å². The molecule has 0 unspecified atom stereocenters. The van der Waals surface area contributed by atoms with Gasteiger partial charge in [-0.15, -0.1) is 11.3 Å². The van der Waals surface area contributed by atoms with Gasteiger partial charge < -0.3 is 9.15 Å². The third-order valence-electron chi connectivity index (χ3n) is 5.00. The molecule has 31 heavy (non-hydrogen) atoms. The number of thioether (sulfide) groups is 1. The van der Waals surface area contributed by atoms with Crippen molar-refractivity contribution in [3.8, 4) is 5.75 Å². The lowest BCUT2D eigenvalue weighted by Crippen LogP contribution is -2.28. The second-order valence-electron chi connectivity index (χ2n) is 6.85. The number of hydrazone groups is 1. The van der Waals surface area contributed by atoms with Crippen LogP contribution in [0.25, 0.3) is 10.2 Å². The van der Waals surface area contributed by atoms with Crippen molar-refractivity contribution >= 4 is 44.9 Å². The maximum Gasteiger partial charge on any atom is 0.253 e. The number of aromatic nitrogens is 2. The van der Waals surface area contributed by atoms with Gasteiger partial charge in [0.2, 0.25) is 0 Å². The molecule has 0 aliphatic carbocycles. The average Bonchev–Trinajstić information content (AvgIpc) is 3.57. The maximum absolute atomic E-state index is 13.2. The normalized spacial score (nSPS) is 16.0. The van der Waals surface area contributed by atoms with Crippen LogP contribution in [-0.2, 0) is 4.79 Å². The van der Waals surface area contributed by atoms with Crippen LogP contribution in [-0.4, -0.2) is 39.5 Å². The summed E-state index contributed by atoms with van der Waals surface area (Å²) in [5, 5.41) is 8.99. The van der Waals surface area contributed by atoms with Gasteiger partial charge in [0.1, 0.15) is 28.9 Å². The SMILES string of the molecule is COc1ccc(C2=NN(C(=O)CSc3ncnc4ccsc34)[C@H](c3ccco3)C2)cc1. The molecule has 1 aliphatic rings. The highest BCUT2D eigenvalue weighted by molar-refractivity contribution is 8.00. The van der Waals surface area contributed by atoms with E-state index in [1.54, 1.807) is 24.7 Å². The first-order valence-electron chi connectivity index (χ1n) is 9.61. The van der Waals surface area contributed by atoms with Crippen LogP contribution in [0.3, 0.4) is 0 Å². The van der Waals surface area contributed by atoms with E-state index >= 15 is 0 Å². The number of hydrogen-bond acceptors (Lipinski definition) is 8. The second kappa shape index (κ2) is 8.52. The molecule has 0 radical (unpaired) electrons. The number of amides is 1. The topological polar surface area (TPSA) is 80.8 Å². The molecule has 0 fully saturated rings. The van der Waals surface area contributed by atoms with Crippen LogP contribution in [0.5, 0.6) is 5.75 Å². The van der Waals surface area contributed by atoms with Crippen LogP contribution in [0.4, 0.5) is 0 Å². The minimum absolute atomic E-state index is 0.0989. The van der Waals surface area contributed by atoms with E-state index in [2.05, 4.69) is 15.1 Å². The standard InChI is InChI=1S/C22H18N4O3S2/c1-28-15-6-4-14(5-7-15)17-11-18(19-3-2-9-29-19)26(25-17)20(27)12-31-22-21-16(8-10-30-21)23-13-24-22/h2-10,13,18H,11-12H2,1H3/t18-/m0/s1. The van der Waals surface area contributed by atoms with Crippen LogP contribution in [0.1, 0.15) is 23.8 Å². The molecular formula is C22H18N4O3S2. The minimum Gasteiger partial charge on any atom is -0.497 e. The van der Waals surface area contributed by atoms with Crippen molar-refractivity contribution in [3.05, 3.63) is 71.8 Å². The van der Waals surface area contributed by atoms with Crippen LogP contribution in [0, 0.1) is 0 Å². The molecule has 1 atom stereocenters. The molecule has 0 spiro atoms. The van der Waals surface area contributed by atoms with Gasteiger partial charge in [0, 0.05) is 6.42 Å². The summed E-state index contributed by atoms with van der Waals surface area (Å²) in [5.74, 6) is 1.62. The number of carbonyl (C=O) groups is 1. The van der Waals surface area contributed by atoms with Gasteiger partial charge >= 0.3 is 0 Å². The molecule has 0 N–H and O–H groups in total. The van der Waals surface area contributed by atoms with Crippen molar-refractivity contribution in [2.75, 3.05) is 12.9 Å². The fraction of sp³-hybridized carbons (Fsp3) is 0.182. The molecule has 1 amide bonds. The summed E-state index contributed by atoms with van der Waals surface area (Å²) in [5.41, 5.74) is 2.69. The quantitative estimate of drug-likeness (QED) is 0.311. The van der Waals surface area contributed by atoms with Crippen molar-refractivity contribution in [1.29, 1.82) is 0 Å². The van der Waals surface area contributed by atoms with Crippen molar-refractivity contribution in [2.24, 2.45) is 5.10 Å². The molecule has 9 heteroatoms. The number of carbonyl (C=O) groups excluding carboxylic acids is 1. The van der Waals surface area contributed by atoms with Crippen LogP contribution >= 0.6 is 23.1 Å². The summed E-state index contributed by atoms with van der Waals surface area (Å²) in [6, 6.07) is 13.1. The molecule has 4 heterocycles. The van der Waals surface area contributed by atoms with E-state index in [0.717, 1.165) is 32.3 Å². The van der Waals surface area contributed by atoms with Gasteiger partial charge in [-0.05, 0) is 53.4 Å². The van der Waals surface area contributed by atoms with E-state index in [1.807, 2.05) is 47.8 Å². The number of methoxy groups -OCH3 is 1. The first-order valence-corrected chi connectivity index (χ1v) is 11.5. The Hall–Kier alpha value is -3.17. The summed E-state index contributed by atoms with van der Waals surface area (Å²) in [4.78, 5) is 21.8. The molecule has 4 aromatic rings. The highest BCUT2D eigenvalue weighted by atomic mass is 32.2. The number of ether oxygens (including phenoxy) is 1. The second-order valence-corrected chi connectivity index (χ2v) is 8.73. The highest BCUT2D eigenvalue weighted by Crippen LogP contribution is 2.35. The van der Waals surface area contributed by atoms with Gasteiger partial charge in [-0.1, -0.05) is 11.8 Å². The largest absolute Gasteiger partial charge is 0.497 e. The zero-order valence-corrected chi connectivity index (χ0v) is 18.2. The van der Waals surface area contributed by atoms with Crippen molar-refractivity contribution in [3.63, 3.8) is 0 Å². The number of hydrogen-bond donors (Lipinski definition) is 0. The van der Waals surface area contributed by atoms with Crippen molar-refractivity contribution < 1.29 is 13.9 Å². The van der Waals surface area contributed by atoms with Crippen molar-refractivity contribution in [2.45, 2.75) is 17.5 Å². The predicted octanol–water partition coefficient (Wildman–Crippen LogP) is 4.76. The molecule has 1 aliphatic heterocycles. The molecular weight excluding hydrogens is 432 g/mol. The first kappa shape index (κ1) is 19.8. The average molecular weight is 451 g/mol. The number of benzene rings is 1. The number of thiophene rings is 1. The summed E-state index contributed by atoms with van der Waals surface area (Å²) >= 11 is 2.98. The molecule has 0 bridgehead atoms. The Morgan fingerprint density at radius 2 is 2.13 bits per heavy atom. The summed E-state index contributed by atoms with van der Waals surface area (Å²) in [7, 11) is 1.63. The molecule has 1 aromatic carbocycles. The Morgan fingerprint density at radius 1 is 1.26 bits per heavy atom. The Bertz CT molecular complexity index is 1240. The van der Waals surface area contributed by atoms with Gasteiger partial charge in [0.25, 0.3) is 5.91 Å². The molecule has 0 saturated heterocycles. The molecule has 7 nitrogen and oxygen atoms in total. The van der Waals surface area contributed by atoms with E-state index in [0.29, 0.717) is 12.2 Å². The lowest BCUT2D eigenvalue weighted by atomic mass is 10.0. The Balaban J connectivity index is 1.38. The lowest BCUT2D eigenvalue weighted by molar-refractivity contribution is -0.130. The molecule has 5 rings (SSSR count). The fourth-order valence-corrected chi connectivity index (χ4v) is 5.27. The van der Waals surface area contributed by atoms with Crippen molar-refractivity contribution in [1.82, 2.24) is 15.0 Å². The Morgan fingerprint density at radius 3 is 2.90 bits per heavy atom. The number of fused-ring (bicyclic) bond motifs is 1. The Kier molecular flexibility index (Phi) is 5.44. The number of furan rings is 1. The van der Waals surface area contributed by atoms with Crippen LogP contribution in [0.2, 0.25) is 0 Å². The van der Waals surface area contributed by atoms with Gasteiger partial charge in [0.05, 0.1) is 35.1 Å². The first-order chi connectivity index (χ1) is 15.2. The lowest BCUT2D eigenvalue weighted by Gasteiger charge is -2.19. The summed E-state index contributed by atoms with van der Waals surface area (Å²) in [6.45, 7) is 0. The fourth-order valence-electron chi connectivity index (χ4n) is 3.47. The Labute approximate surface area is 186 Å². The third-order valence-corrected chi connectivity index (χ3v) is 7.02. The zero-order valence-electron chi connectivity index (χ0n) is 16.6. The zero-order chi connectivity index (χ0) is 21.2. The third kappa shape index (κ3) is 3.94.